The fourth-order valence-electron chi connectivity index (χ4n) is 3.58. The second kappa shape index (κ2) is 9.70. The summed E-state index contributed by atoms with van der Waals surface area (Å²) in [4.78, 5) is 25.4. The molecule has 0 aliphatic carbocycles. The first-order valence-corrected chi connectivity index (χ1v) is 12.1. The van der Waals surface area contributed by atoms with E-state index < -0.39 is 34.0 Å². The molecule has 3 rings (SSSR count). The molecular formula is C23H29N3O5S. The molecular weight excluding hydrogens is 430 g/mol. The first kappa shape index (κ1) is 23.7. The number of carbonyl (C=O) groups excluding carboxylic acids is 2. The van der Waals surface area contributed by atoms with Crippen LogP contribution in [0, 0.1) is 13.8 Å². The summed E-state index contributed by atoms with van der Waals surface area (Å²) in [6, 6.07) is 12.0. The lowest BCUT2D eigenvalue weighted by Gasteiger charge is -2.34. The fraction of sp³-hybridized carbons (Fsp3) is 0.391. The Labute approximate surface area is 189 Å². The van der Waals surface area contributed by atoms with Gasteiger partial charge in [0.1, 0.15) is 11.8 Å². The quantitative estimate of drug-likeness (QED) is 0.643. The van der Waals surface area contributed by atoms with Crippen molar-refractivity contribution in [2.75, 3.05) is 5.75 Å². The molecule has 0 bridgehead atoms. The molecule has 32 heavy (non-hydrogen) atoms. The number of benzene rings is 2. The highest BCUT2D eigenvalue weighted by atomic mass is 32.2. The molecule has 2 N–H and O–H groups in total. The van der Waals surface area contributed by atoms with Crippen molar-refractivity contribution in [2.45, 2.75) is 52.8 Å². The molecule has 9 heteroatoms. The van der Waals surface area contributed by atoms with Crippen molar-refractivity contribution >= 4 is 21.8 Å². The van der Waals surface area contributed by atoms with Gasteiger partial charge in [0, 0.05) is 6.54 Å². The molecule has 2 atom stereocenters. The zero-order chi connectivity index (χ0) is 23.5. The first-order valence-electron chi connectivity index (χ1n) is 10.5. The van der Waals surface area contributed by atoms with Crippen LogP contribution in [0.5, 0.6) is 5.75 Å². The van der Waals surface area contributed by atoms with Crippen LogP contribution in [0.1, 0.15) is 36.1 Å². The van der Waals surface area contributed by atoms with Crippen LogP contribution in [-0.4, -0.2) is 42.4 Å². The standard InChI is InChI=1S/C23H29N3O5S/c1-5-32(29,30)26-14-19-11-7-6-10-18(19)13-20(26)23(28)25-24-22(27)17(4)31-21-12-8-9-15(2)16(21)3/h6-12,17,20H,5,13-14H2,1-4H3,(H,24,27)(H,25,28). The Balaban J connectivity index is 1.68. The van der Waals surface area contributed by atoms with E-state index in [0.29, 0.717) is 5.75 Å². The molecule has 2 aromatic carbocycles. The predicted octanol–water partition coefficient (Wildman–Crippen LogP) is 1.99. The van der Waals surface area contributed by atoms with E-state index >= 15 is 0 Å². The van der Waals surface area contributed by atoms with E-state index in [1.807, 2.05) is 50.2 Å². The smallest absolute Gasteiger partial charge is 0.279 e. The summed E-state index contributed by atoms with van der Waals surface area (Å²) in [5, 5.41) is 0. The van der Waals surface area contributed by atoms with Gasteiger partial charge >= 0.3 is 0 Å². The Hall–Kier alpha value is -2.91. The van der Waals surface area contributed by atoms with Crippen LogP contribution in [0.25, 0.3) is 0 Å². The summed E-state index contributed by atoms with van der Waals surface area (Å²) in [7, 11) is -3.63. The number of hydrogen-bond acceptors (Lipinski definition) is 5. The Bertz CT molecular complexity index is 1120. The maximum absolute atomic E-state index is 12.9. The zero-order valence-electron chi connectivity index (χ0n) is 18.7. The highest BCUT2D eigenvalue weighted by molar-refractivity contribution is 7.89. The lowest BCUT2D eigenvalue weighted by Crippen LogP contribution is -2.57. The molecule has 0 radical (unpaired) electrons. The number of aryl methyl sites for hydroxylation is 1. The van der Waals surface area contributed by atoms with Crippen LogP contribution < -0.4 is 15.6 Å². The minimum absolute atomic E-state index is 0.116. The normalized spacial score (nSPS) is 17.2. The summed E-state index contributed by atoms with van der Waals surface area (Å²) in [5.74, 6) is -0.668. The predicted molar refractivity (Wildman–Crippen MR) is 121 cm³/mol. The summed E-state index contributed by atoms with van der Waals surface area (Å²) < 4.78 is 32.2. The Morgan fingerprint density at radius 2 is 1.78 bits per heavy atom. The van der Waals surface area contributed by atoms with Crippen LogP contribution in [-0.2, 0) is 32.6 Å². The number of fused-ring (bicyclic) bond motifs is 1. The molecule has 172 valence electrons. The zero-order valence-corrected chi connectivity index (χ0v) is 19.5. The van der Waals surface area contributed by atoms with E-state index in [-0.39, 0.29) is 18.7 Å². The van der Waals surface area contributed by atoms with E-state index in [9.17, 15) is 18.0 Å². The minimum atomic E-state index is -3.63. The minimum Gasteiger partial charge on any atom is -0.481 e. The van der Waals surface area contributed by atoms with Crippen molar-refractivity contribution in [3.8, 4) is 5.75 Å². The largest absolute Gasteiger partial charge is 0.481 e. The number of hydrogen-bond donors (Lipinski definition) is 2. The van der Waals surface area contributed by atoms with Gasteiger partial charge in [-0.15, -0.1) is 0 Å². The molecule has 2 amide bonds. The van der Waals surface area contributed by atoms with Gasteiger partial charge in [-0.05, 0) is 62.4 Å². The van der Waals surface area contributed by atoms with Crippen molar-refractivity contribution in [1.29, 1.82) is 0 Å². The van der Waals surface area contributed by atoms with Gasteiger partial charge in [0.15, 0.2) is 6.10 Å². The van der Waals surface area contributed by atoms with Crippen molar-refractivity contribution in [1.82, 2.24) is 15.2 Å². The number of hydrazine groups is 1. The highest BCUT2D eigenvalue weighted by Crippen LogP contribution is 2.26. The van der Waals surface area contributed by atoms with Crippen LogP contribution in [0.2, 0.25) is 0 Å². The maximum Gasteiger partial charge on any atom is 0.279 e. The number of sulfonamides is 1. The monoisotopic (exact) mass is 459 g/mol. The summed E-state index contributed by atoms with van der Waals surface area (Å²) >= 11 is 0. The maximum atomic E-state index is 12.9. The van der Waals surface area contributed by atoms with Gasteiger partial charge in [0.05, 0.1) is 5.75 Å². The summed E-state index contributed by atoms with van der Waals surface area (Å²) in [6.07, 6.45) is -0.635. The average Bonchev–Trinajstić information content (AvgIpc) is 2.79. The number of rotatable bonds is 6. The molecule has 8 nitrogen and oxygen atoms in total. The van der Waals surface area contributed by atoms with E-state index in [1.165, 1.54) is 4.31 Å². The van der Waals surface area contributed by atoms with Crippen molar-refractivity contribution in [3.63, 3.8) is 0 Å². The Kier molecular flexibility index (Phi) is 7.20. The molecule has 0 saturated carbocycles. The molecule has 2 unspecified atom stereocenters. The Morgan fingerprint density at radius 3 is 2.47 bits per heavy atom. The van der Waals surface area contributed by atoms with Crippen LogP contribution in [0.15, 0.2) is 42.5 Å². The van der Waals surface area contributed by atoms with Crippen LogP contribution in [0.3, 0.4) is 0 Å². The van der Waals surface area contributed by atoms with E-state index in [2.05, 4.69) is 10.9 Å². The third kappa shape index (κ3) is 5.11. The first-order chi connectivity index (χ1) is 15.1. The lowest BCUT2D eigenvalue weighted by molar-refractivity contribution is -0.134. The molecule has 0 fully saturated rings. The van der Waals surface area contributed by atoms with Gasteiger partial charge in [0.2, 0.25) is 10.0 Å². The highest BCUT2D eigenvalue weighted by Gasteiger charge is 2.38. The third-order valence-corrected chi connectivity index (χ3v) is 7.59. The summed E-state index contributed by atoms with van der Waals surface area (Å²) in [5.41, 5.74) is 8.49. The van der Waals surface area contributed by atoms with Gasteiger partial charge in [-0.3, -0.25) is 20.4 Å². The third-order valence-electron chi connectivity index (χ3n) is 5.77. The lowest BCUT2D eigenvalue weighted by atomic mass is 9.95. The number of amides is 2. The molecule has 1 heterocycles. The Morgan fingerprint density at radius 1 is 1.09 bits per heavy atom. The second-order valence-corrected chi connectivity index (χ2v) is 10.1. The van der Waals surface area contributed by atoms with Crippen molar-refractivity contribution in [2.24, 2.45) is 0 Å². The van der Waals surface area contributed by atoms with Gasteiger partial charge in [-0.2, -0.15) is 4.31 Å². The molecule has 0 aromatic heterocycles. The van der Waals surface area contributed by atoms with E-state index in [0.717, 1.165) is 22.3 Å². The number of ether oxygens (including phenoxy) is 1. The van der Waals surface area contributed by atoms with Crippen molar-refractivity contribution in [3.05, 3.63) is 64.7 Å². The van der Waals surface area contributed by atoms with E-state index in [4.69, 9.17) is 4.74 Å². The fourth-order valence-corrected chi connectivity index (χ4v) is 4.81. The van der Waals surface area contributed by atoms with Gasteiger partial charge in [-0.25, -0.2) is 8.42 Å². The molecule has 0 saturated heterocycles. The van der Waals surface area contributed by atoms with E-state index in [1.54, 1.807) is 19.9 Å². The number of carbonyl (C=O) groups is 2. The van der Waals surface area contributed by atoms with Crippen LogP contribution >= 0.6 is 0 Å². The SMILES string of the molecule is CCS(=O)(=O)N1Cc2ccccc2CC1C(=O)NNC(=O)C(C)Oc1cccc(C)c1C. The molecule has 1 aliphatic rings. The molecule has 2 aromatic rings. The van der Waals surface area contributed by atoms with Crippen molar-refractivity contribution < 1.29 is 22.7 Å². The van der Waals surface area contributed by atoms with Gasteiger partial charge < -0.3 is 4.74 Å². The average molecular weight is 460 g/mol. The molecule has 1 aliphatic heterocycles. The van der Waals surface area contributed by atoms with Gasteiger partial charge in [-0.1, -0.05) is 36.4 Å². The number of nitrogens with zero attached hydrogens (tertiary/aromatic N) is 1. The van der Waals surface area contributed by atoms with Gasteiger partial charge in [0.25, 0.3) is 11.8 Å². The topological polar surface area (TPSA) is 105 Å². The number of nitrogens with one attached hydrogen (secondary N) is 2. The molecule has 0 spiro atoms. The summed E-state index contributed by atoms with van der Waals surface area (Å²) in [6.45, 7) is 7.09. The second-order valence-electron chi connectivity index (χ2n) is 7.87. The van der Waals surface area contributed by atoms with Crippen LogP contribution in [0.4, 0.5) is 0 Å².